The van der Waals surface area contributed by atoms with Crippen LogP contribution in [0, 0.1) is 0 Å². The summed E-state index contributed by atoms with van der Waals surface area (Å²) in [6, 6.07) is 58.0. The van der Waals surface area contributed by atoms with Gasteiger partial charge in [-0.2, -0.15) is 0 Å². The molecule has 316 valence electrons. The highest BCUT2D eigenvalue weighted by atomic mass is 15.1. The van der Waals surface area contributed by atoms with Gasteiger partial charge in [-0.15, -0.1) is 0 Å². The summed E-state index contributed by atoms with van der Waals surface area (Å²) in [5.41, 5.74) is 21.6. The maximum Gasteiger partial charge on any atom is 0.0470 e. The third kappa shape index (κ3) is 8.32. The van der Waals surface area contributed by atoms with Gasteiger partial charge in [0.2, 0.25) is 0 Å². The van der Waals surface area contributed by atoms with Crippen LogP contribution in [-0.2, 0) is 27.1 Å². The van der Waals surface area contributed by atoms with Crippen LogP contribution in [0.25, 0.3) is 44.5 Å². The molecule has 1 nitrogen and oxygen atoms in total. The summed E-state index contributed by atoms with van der Waals surface area (Å²) in [7, 11) is 0. The zero-order chi connectivity index (χ0) is 44.6. The summed E-state index contributed by atoms with van der Waals surface area (Å²) in [6.45, 7) is 32.5. The van der Waals surface area contributed by atoms with E-state index in [1.807, 2.05) is 0 Å². The first kappa shape index (κ1) is 43.0. The van der Waals surface area contributed by atoms with E-state index in [1.54, 1.807) is 0 Å². The number of anilines is 3. The van der Waals surface area contributed by atoms with Crippen molar-refractivity contribution < 1.29 is 0 Å². The third-order valence-corrected chi connectivity index (χ3v) is 13.3. The van der Waals surface area contributed by atoms with Gasteiger partial charge in [0, 0.05) is 22.5 Å². The molecule has 0 fully saturated rings. The Labute approximate surface area is 373 Å². The maximum absolute atomic E-state index is 2.50. The number of rotatable bonds is 6. The second-order valence-electron chi connectivity index (χ2n) is 22.5. The van der Waals surface area contributed by atoms with Gasteiger partial charge in [0.15, 0.2) is 0 Å². The standard InChI is InChI=1S/C61H67N/c1-57(2,3)46-21-17-19-42(31-46)43-20-18-22-50(35-43)62(51-29-30-54-53-23-15-16-24-55(53)61(13,14)56(54)39-51)52-36-45(34-49(38-52)60(10,11)12)41-27-25-40(26-28-41)44-32-47(58(4,5)6)37-48(33-44)59(7,8)9/h15-39H,1-14H3. The Morgan fingerprint density at radius 3 is 1.34 bits per heavy atom. The fourth-order valence-corrected chi connectivity index (χ4v) is 9.12. The monoisotopic (exact) mass is 814 g/mol. The first-order valence-electron chi connectivity index (χ1n) is 22.7. The van der Waals surface area contributed by atoms with Crippen molar-refractivity contribution in [2.45, 2.75) is 124 Å². The van der Waals surface area contributed by atoms with Gasteiger partial charge in [0.05, 0.1) is 0 Å². The van der Waals surface area contributed by atoms with Crippen LogP contribution in [0.5, 0.6) is 0 Å². The van der Waals surface area contributed by atoms with E-state index < -0.39 is 0 Å². The van der Waals surface area contributed by atoms with Gasteiger partial charge >= 0.3 is 0 Å². The minimum atomic E-state index is -0.122. The zero-order valence-electron chi connectivity index (χ0n) is 39.9. The molecule has 0 unspecified atom stereocenters. The average Bonchev–Trinajstić information content (AvgIpc) is 3.45. The molecule has 0 atom stereocenters. The largest absolute Gasteiger partial charge is 0.310 e. The Balaban J connectivity index is 1.30. The Morgan fingerprint density at radius 2 is 0.758 bits per heavy atom. The molecule has 0 radical (unpaired) electrons. The molecule has 1 aliphatic rings. The van der Waals surface area contributed by atoms with Gasteiger partial charge in [-0.25, -0.2) is 0 Å². The van der Waals surface area contributed by atoms with Crippen molar-refractivity contribution in [3.8, 4) is 44.5 Å². The molecule has 1 aliphatic carbocycles. The predicted octanol–water partition coefficient (Wildman–Crippen LogP) is 17.7. The van der Waals surface area contributed by atoms with Gasteiger partial charge in [-0.3, -0.25) is 0 Å². The minimum absolute atomic E-state index is 0.0557. The van der Waals surface area contributed by atoms with Crippen molar-refractivity contribution in [3.63, 3.8) is 0 Å². The van der Waals surface area contributed by atoms with Crippen LogP contribution >= 0.6 is 0 Å². The fraction of sp³-hybridized carbons (Fsp3) is 0.311. The summed E-state index contributed by atoms with van der Waals surface area (Å²) < 4.78 is 0. The molecule has 1 heteroatoms. The van der Waals surface area contributed by atoms with Crippen LogP contribution in [0.4, 0.5) is 17.1 Å². The molecule has 7 aromatic rings. The van der Waals surface area contributed by atoms with Crippen molar-refractivity contribution in [3.05, 3.63) is 185 Å². The van der Waals surface area contributed by atoms with Gasteiger partial charge in [-0.1, -0.05) is 212 Å². The number of nitrogens with zero attached hydrogens (tertiary/aromatic N) is 1. The third-order valence-electron chi connectivity index (χ3n) is 13.3. The first-order chi connectivity index (χ1) is 29.0. The lowest BCUT2D eigenvalue weighted by Gasteiger charge is -2.31. The normalized spacial score (nSPS) is 13.8. The smallest absolute Gasteiger partial charge is 0.0470 e. The molecule has 0 heterocycles. The average molecular weight is 814 g/mol. The van der Waals surface area contributed by atoms with E-state index in [0.29, 0.717) is 0 Å². The first-order valence-corrected chi connectivity index (χ1v) is 22.7. The number of hydrogen-bond donors (Lipinski definition) is 0. The quantitative estimate of drug-likeness (QED) is 0.162. The second kappa shape index (κ2) is 15.3. The van der Waals surface area contributed by atoms with E-state index in [2.05, 4.69) is 253 Å². The van der Waals surface area contributed by atoms with Gasteiger partial charge in [-0.05, 0) is 136 Å². The summed E-state index contributed by atoms with van der Waals surface area (Å²) in [5.74, 6) is 0. The van der Waals surface area contributed by atoms with Crippen molar-refractivity contribution in [2.24, 2.45) is 0 Å². The summed E-state index contributed by atoms with van der Waals surface area (Å²) in [6.07, 6.45) is 0. The lowest BCUT2D eigenvalue weighted by molar-refractivity contribution is 0.569. The molecule has 0 amide bonds. The topological polar surface area (TPSA) is 3.24 Å². The van der Waals surface area contributed by atoms with Crippen LogP contribution in [0.1, 0.15) is 130 Å². The van der Waals surface area contributed by atoms with E-state index >= 15 is 0 Å². The van der Waals surface area contributed by atoms with Crippen LogP contribution in [-0.4, -0.2) is 0 Å². The lowest BCUT2D eigenvalue weighted by Crippen LogP contribution is -2.17. The molecule has 0 saturated heterocycles. The highest BCUT2D eigenvalue weighted by molar-refractivity contribution is 5.88. The zero-order valence-corrected chi connectivity index (χ0v) is 39.9. The molecule has 0 saturated carbocycles. The molecule has 0 bridgehead atoms. The molecule has 62 heavy (non-hydrogen) atoms. The number of hydrogen-bond acceptors (Lipinski definition) is 1. The summed E-state index contributed by atoms with van der Waals surface area (Å²) in [5, 5.41) is 0. The molecule has 0 spiro atoms. The summed E-state index contributed by atoms with van der Waals surface area (Å²) in [4.78, 5) is 2.50. The van der Waals surface area contributed by atoms with Gasteiger partial charge in [0.1, 0.15) is 0 Å². The number of benzene rings is 7. The van der Waals surface area contributed by atoms with Crippen molar-refractivity contribution in [1.82, 2.24) is 0 Å². The number of fused-ring (bicyclic) bond motifs is 3. The van der Waals surface area contributed by atoms with Crippen molar-refractivity contribution >= 4 is 17.1 Å². The fourth-order valence-electron chi connectivity index (χ4n) is 9.12. The van der Waals surface area contributed by atoms with E-state index in [-0.39, 0.29) is 27.1 Å². The minimum Gasteiger partial charge on any atom is -0.310 e. The molecule has 0 N–H and O–H groups in total. The van der Waals surface area contributed by atoms with Crippen molar-refractivity contribution in [2.75, 3.05) is 4.90 Å². The lowest BCUT2D eigenvalue weighted by atomic mass is 9.79. The highest BCUT2D eigenvalue weighted by Crippen LogP contribution is 2.51. The highest BCUT2D eigenvalue weighted by Gasteiger charge is 2.36. The summed E-state index contributed by atoms with van der Waals surface area (Å²) >= 11 is 0. The molecule has 8 rings (SSSR count). The maximum atomic E-state index is 2.50. The van der Waals surface area contributed by atoms with Gasteiger partial charge < -0.3 is 4.90 Å². The van der Waals surface area contributed by atoms with E-state index in [1.165, 1.54) is 77.9 Å². The Hall–Kier alpha value is -5.66. The van der Waals surface area contributed by atoms with Gasteiger partial charge in [0.25, 0.3) is 0 Å². The van der Waals surface area contributed by atoms with Crippen molar-refractivity contribution in [1.29, 1.82) is 0 Å². The molecular formula is C61H67N. The molecule has 0 aliphatic heterocycles. The van der Waals surface area contributed by atoms with Crippen LogP contribution in [0.2, 0.25) is 0 Å². The molecule has 7 aromatic carbocycles. The predicted molar refractivity (Wildman–Crippen MR) is 270 cm³/mol. The molecule has 0 aromatic heterocycles. The molecular weight excluding hydrogens is 747 g/mol. The Kier molecular flexibility index (Phi) is 10.6. The van der Waals surface area contributed by atoms with E-state index in [9.17, 15) is 0 Å². The Bertz CT molecular complexity index is 2750. The Morgan fingerprint density at radius 1 is 0.306 bits per heavy atom. The van der Waals surface area contributed by atoms with Crippen LogP contribution in [0.3, 0.4) is 0 Å². The van der Waals surface area contributed by atoms with Crippen LogP contribution < -0.4 is 4.90 Å². The van der Waals surface area contributed by atoms with E-state index in [0.717, 1.165) is 17.1 Å². The second-order valence-corrected chi connectivity index (χ2v) is 22.5. The van der Waals surface area contributed by atoms with E-state index in [4.69, 9.17) is 0 Å². The van der Waals surface area contributed by atoms with Crippen LogP contribution in [0.15, 0.2) is 152 Å². The SMILES string of the molecule is CC(C)(C)c1cccc(-c2cccc(N(c3cc(-c4ccc(-c5cc(C(C)(C)C)cc(C(C)(C)C)c5)cc4)cc(C(C)(C)C)c3)c3ccc4c(c3)C(C)(C)c3ccccc3-4)c2)c1.